The molecule has 23 heavy (non-hydrogen) atoms. The van der Waals surface area contributed by atoms with Gasteiger partial charge in [-0.05, 0) is 61.5 Å². The molecular formula is C18H26N2OS2. The lowest BCUT2D eigenvalue weighted by Gasteiger charge is -2.23. The third kappa shape index (κ3) is 5.13. The molecule has 0 saturated carbocycles. The van der Waals surface area contributed by atoms with Crippen LogP contribution >= 0.6 is 22.7 Å². The van der Waals surface area contributed by atoms with Gasteiger partial charge in [0.25, 0.3) is 0 Å². The van der Waals surface area contributed by atoms with Gasteiger partial charge in [-0.2, -0.15) is 11.3 Å². The number of hydrogen-bond acceptors (Lipinski definition) is 5. The Balaban J connectivity index is 1.62. The van der Waals surface area contributed by atoms with Crippen LogP contribution in [0.1, 0.15) is 34.3 Å². The Bertz CT molecular complexity index is 574. The van der Waals surface area contributed by atoms with Crippen LogP contribution in [0.3, 0.4) is 0 Å². The predicted molar refractivity (Wildman–Crippen MR) is 99.2 cm³/mol. The fraction of sp³-hybridized carbons (Fsp3) is 0.556. The third-order valence-corrected chi connectivity index (χ3v) is 6.05. The molecule has 126 valence electrons. The Hall–Kier alpha value is -0.720. The van der Waals surface area contributed by atoms with Crippen molar-refractivity contribution in [2.75, 3.05) is 33.8 Å². The minimum absolute atomic E-state index is 0.348. The lowest BCUT2D eigenvalue weighted by molar-refractivity contribution is 0.114. The van der Waals surface area contributed by atoms with Gasteiger partial charge < -0.3 is 9.64 Å². The summed E-state index contributed by atoms with van der Waals surface area (Å²) in [6, 6.07) is 6.79. The van der Waals surface area contributed by atoms with Crippen molar-refractivity contribution in [1.29, 1.82) is 0 Å². The molecule has 5 heteroatoms. The Morgan fingerprint density at radius 3 is 2.78 bits per heavy atom. The van der Waals surface area contributed by atoms with Gasteiger partial charge in [0.1, 0.15) is 0 Å². The Kier molecular flexibility index (Phi) is 6.25. The van der Waals surface area contributed by atoms with Crippen molar-refractivity contribution in [1.82, 2.24) is 9.80 Å². The zero-order valence-corrected chi connectivity index (χ0v) is 15.7. The van der Waals surface area contributed by atoms with E-state index >= 15 is 0 Å². The summed E-state index contributed by atoms with van der Waals surface area (Å²) < 4.78 is 5.81. The summed E-state index contributed by atoms with van der Waals surface area (Å²) in [6.45, 7) is 5.17. The summed E-state index contributed by atoms with van der Waals surface area (Å²) in [5, 5.41) is 4.43. The first-order valence-corrected chi connectivity index (χ1v) is 10.0. The second kappa shape index (κ2) is 8.40. The molecule has 1 atom stereocenters. The molecule has 2 aromatic heterocycles. The van der Waals surface area contributed by atoms with Gasteiger partial charge in [0.15, 0.2) is 0 Å². The van der Waals surface area contributed by atoms with Gasteiger partial charge >= 0.3 is 0 Å². The monoisotopic (exact) mass is 350 g/mol. The van der Waals surface area contributed by atoms with Crippen LogP contribution in [0.5, 0.6) is 0 Å². The van der Waals surface area contributed by atoms with Crippen LogP contribution in [-0.2, 0) is 17.8 Å². The molecule has 0 amide bonds. The highest BCUT2D eigenvalue weighted by Crippen LogP contribution is 2.33. The van der Waals surface area contributed by atoms with E-state index in [-0.39, 0.29) is 0 Å². The van der Waals surface area contributed by atoms with Crippen molar-refractivity contribution in [2.24, 2.45) is 0 Å². The number of rotatable bonds is 8. The molecule has 0 unspecified atom stereocenters. The second-order valence-corrected chi connectivity index (χ2v) is 8.43. The lowest BCUT2D eigenvalue weighted by Crippen LogP contribution is -2.30. The Morgan fingerprint density at radius 2 is 2.09 bits per heavy atom. The molecule has 0 spiro atoms. The van der Waals surface area contributed by atoms with E-state index in [2.05, 4.69) is 52.9 Å². The number of ether oxygens (including phenoxy) is 1. The van der Waals surface area contributed by atoms with E-state index < -0.39 is 0 Å². The predicted octanol–water partition coefficient (Wildman–Crippen LogP) is 4.22. The molecule has 1 aliphatic rings. The van der Waals surface area contributed by atoms with Crippen molar-refractivity contribution in [3.05, 3.63) is 44.3 Å². The van der Waals surface area contributed by atoms with Gasteiger partial charge in [-0.1, -0.05) is 0 Å². The molecule has 0 radical (unpaired) electrons. The molecule has 3 rings (SSSR count). The van der Waals surface area contributed by atoms with Crippen molar-refractivity contribution >= 4 is 22.7 Å². The van der Waals surface area contributed by atoms with Crippen molar-refractivity contribution in [3.8, 4) is 0 Å². The summed E-state index contributed by atoms with van der Waals surface area (Å²) in [4.78, 5) is 7.66. The molecule has 0 aliphatic carbocycles. The molecule has 0 aromatic carbocycles. The normalized spacial score (nSPS) is 18.3. The fourth-order valence-electron chi connectivity index (χ4n) is 2.87. The molecule has 3 nitrogen and oxygen atoms in total. The zero-order chi connectivity index (χ0) is 16.1. The number of thiophene rings is 2. The van der Waals surface area contributed by atoms with E-state index in [1.807, 2.05) is 11.3 Å². The zero-order valence-electron chi connectivity index (χ0n) is 14.0. The standard InChI is InChI=1S/C18H26N2OS2/c1-19(2)8-9-20(12-15-7-11-22-14-15)13-16-5-6-18(23-16)17-4-3-10-21-17/h5-7,11,14,17H,3-4,8-10,12-13H2,1-2H3/t17-/m0/s1. The van der Waals surface area contributed by atoms with E-state index in [1.54, 1.807) is 11.3 Å². The van der Waals surface area contributed by atoms with Gasteiger partial charge in [0.2, 0.25) is 0 Å². The van der Waals surface area contributed by atoms with Gasteiger partial charge in [-0.25, -0.2) is 0 Å². The minimum Gasteiger partial charge on any atom is -0.373 e. The average molecular weight is 351 g/mol. The van der Waals surface area contributed by atoms with Crippen LogP contribution in [0.2, 0.25) is 0 Å². The highest BCUT2D eigenvalue weighted by molar-refractivity contribution is 7.12. The first-order chi connectivity index (χ1) is 11.2. The van der Waals surface area contributed by atoms with Crippen LogP contribution in [0.15, 0.2) is 29.0 Å². The van der Waals surface area contributed by atoms with E-state index in [0.29, 0.717) is 6.10 Å². The van der Waals surface area contributed by atoms with E-state index in [4.69, 9.17) is 4.74 Å². The SMILES string of the molecule is CN(C)CCN(Cc1ccsc1)Cc1ccc([C@@H]2CCCO2)s1. The van der Waals surface area contributed by atoms with Crippen molar-refractivity contribution in [2.45, 2.75) is 32.0 Å². The topological polar surface area (TPSA) is 15.7 Å². The highest BCUT2D eigenvalue weighted by atomic mass is 32.1. The highest BCUT2D eigenvalue weighted by Gasteiger charge is 2.20. The van der Waals surface area contributed by atoms with Crippen LogP contribution in [0.25, 0.3) is 0 Å². The molecule has 1 aliphatic heterocycles. The number of likely N-dealkylation sites (N-methyl/N-ethyl adjacent to an activating group) is 1. The van der Waals surface area contributed by atoms with E-state index in [9.17, 15) is 0 Å². The largest absolute Gasteiger partial charge is 0.373 e. The molecule has 0 bridgehead atoms. The maximum atomic E-state index is 5.81. The number of hydrogen-bond donors (Lipinski definition) is 0. The maximum Gasteiger partial charge on any atom is 0.0917 e. The van der Waals surface area contributed by atoms with Crippen molar-refractivity contribution < 1.29 is 4.74 Å². The van der Waals surface area contributed by atoms with Crippen LogP contribution < -0.4 is 0 Å². The van der Waals surface area contributed by atoms with Crippen molar-refractivity contribution in [3.63, 3.8) is 0 Å². The molecule has 1 fully saturated rings. The second-order valence-electron chi connectivity index (χ2n) is 6.45. The summed E-state index contributed by atoms with van der Waals surface area (Å²) >= 11 is 3.71. The van der Waals surface area contributed by atoms with Gasteiger partial charge in [0.05, 0.1) is 6.10 Å². The van der Waals surface area contributed by atoms with Gasteiger partial charge in [-0.15, -0.1) is 11.3 Å². The average Bonchev–Trinajstić information content (AvgIpc) is 3.26. The summed E-state index contributed by atoms with van der Waals surface area (Å²) in [7, 11) is 4.28. The minimum atomic E-state index is 0.348. The first-order valence-electron chi connectivity index (χ1n) is 8.29. The van der Waals surface area contributed by atoms with E-state index in [0.717, 1.165) is 32.8 Å². The quantitative estimate of drug-likeness (QED) is 0.709. The molecular weight excluding hydrogens is 324 g/mol. The summed E-state index contributed by atoms with van der Waals surface area (Å²) in [6.07, 6.45) is 2.73. The number of nitrogens with zero attached hydrogens (tertiary/aromatic N) is 2. The Labute approximate surface area is 147 Å². The maximum absolute atomic E-state index is 5.81. The Morgan fingerprint density at radius 1 is 1.17 bits per heavy atom. The van der Waals surface area contributed by atoms with Gasteiger partial charge in [-0.3, -0.25) is 4.90 Å². The fourth-order valence-corrected chi connectivity index (χ4v) is 4.67. The smallest absolute Gasteiger partial charge is 0.0917 e. The van der Waals surface area contributed by atoms with Crippen LogP contribution in [-0.4, -0.2) is 43.6 Å². The summed E-state index contributed by atoms with van der Waals surface area (Å²) in [5.41, 5.74) is 1.42. The summed E-state index contributed by atoms with van der Waals surface area (Å²) in [5.74, 6) is 0. The van der Waals surface area contributed by atoms with Gasteiger partial charge in [0, 0.05) is 42.5 Å². The molecule has 1 saturated heterocycles. The third-order valence-electron chi connectivity index (χ3n) is 4.16. The molecule has 3 heterocycles. The van der Waals surface area contributed by atoms with Crippen LogP contribution in [0.4, 0.5) is 0 Å². The lowest BCUT2D eigenvalue weighted by atomic mass is 10.2. The van der Waals surface area contributed by atoms with Crippen LogP contribution in [0, 0.1) is 0 Å². The van der Waals surface area contributed by atoms with E-state index in [1.165, 1.54) is 28.2 Å². The first kappa shape index (κ1) is 17.1. The molecule has 0 N–H and O–H groups in total. The molecule has 2 aromatic rings.